The van der Waals surface area contributed by atoms with Gasteiger partial charge < -0.3 is 9.80 Å². The van der Waals surface area contributed by atoms with Gasteiger partial charge in [0.15, 0.2) is 4.96 Å². The molecule has 1 aliphatic heterocycles. The minimum absolute atomic E-state index is 0.105. The van der Waals surface area contributed by atoms with E-state index in [9.17, 15) is 9.59 Å². The molecule has 6 nitrogen and oxygen atoms in total. The van der Waals surface area contributed by atoms with Crippen LogP contribution < -0.4 is 0 Å². The Hall–Kier alpha value is -1.89. The molecule has 0 unspecified atom stereocenters. The summed E-state index contributed by atoms with van der Waals surface area (Å²) in [5.74, 6) is 0.633. The first kappa shape index (κ1) is 15.6. The van der Waals surface area contributed by atoms with Crippen LogP contribution in [-0.2, 0) is 16.0 Å². The topological polar surface area (TPSA) is 57.9 Å². The molecule has 4 rings (SSSR count). The molecule has 0 bridgehead atoms. The molecule has 1 aliphatic carbocycles. The molecular weight excluding hydrogens is 324 g/mol. The Labute approximate surface area is 145 Å². The molecule has 1 saturated carbocycles. The molecule has 0 atom stereocenters. The highest BCUT2D eigenvalue weighted by atomic mass is 32.1. The smallest absolute Gasteiger partial charge is 0.228 e. The van der Waals surface area contributed by atoms with Crippen molar-refractivity contribution in [3.05, 3.63) is 23.5 Å². The normalized spacial score (nSPS) is 19.3. The second kappa shape index (κ2) is 6.55. The van der Waals surface area contributed by atoms with E-state index in [2.05, 4.69) is 4.98 Å². The lowest BCUT2D eigenvalue weighted by atomic mass is 10.1. The van der Waals surface area contributed by atoms with Gasteiger partial charge in [-0.25, -0.2) is 4.98 Å². The summed E-state index contributed by atoms with van der Waals surface area (Å²) in [6.07, 6.45) is 8.64. The third-order valence-electron chi connectivity index (χ3n) is 5.12. The average Bonchev–Trinajstić information content (AvgIpc) is 3.31. The summed E-state index contributed by atoms with van der Waals surface area (Å²) in [5, 5.41) is 1.98. The van der Waals surface area contributed by atoms with Gasteiger partial charge in [-0.2, -0.15) is 0 Å². The highest BCUT2D eigenvalue weighted by molar-refractivity contribution is 7.15. The maximum Gasteiger partial charge on any atom is 0.228 e. The molecular formula is C17H22N4O2S. The predicted molar refractivity (Wildman–Crippen MR) is 91.9 cm³/mol. The summed E-state index contributed by atoms with van der Waals surface area (Å²) in [4.78, 5) is 34.1. The van der Waals surface area contributed by atoms with Crippen molar-refractivity contribution in [1.29, 1.82) is 0 Å². The highest BCUT2D eigenvalue weighted by Gasteiger charge is 2.30. The summed E-state index contributed by atoms with van der Waals surface area (Å²) < 4.78 is 1.95. The van der Waals surface area contributed by atoms with E-state index >= 15 is 0 Å². The summed E-state index contributed by atoms with van der Waals surface area (Å²) in [6, 6.07) is 0. The zero-order valence-electron chi connectivity index (χ0n) is 13.7. The first-order chi connectivity index (χ1) is 11.7. The van der Waals surface area contributed by atoms with Gasteiger partial charge in [-0.3, -0.25) is 14.0 Å². The zero-order valence-corrected chi connectivity index (χ0v) is 14.5. The van der Waals surface area contributed by atoms with Crippen molar-refractivity contribution in [3.63, 3.8) is 0 Å². The number of hydrogen-bond donors (Lipinski definition) is 0. The van der Waals surface area contributed by atoms with E-state index in [4.69, 9.17) is 0 Å². The summed E-state index contributed by atoms with van der Waals surface area (Å²) >= 11 is 1.57. The lowest BCUT2D eigenvalue weighted by Gasteiger charge is -2.36. The third-order valence-corrected chi connectivity index (χ3v) is 5.89. The standard InChI is InChI=1S/C17H22N4O2S/c22-15(11-14-12-21-9-10-24-17(21)18-14)19-5-7-20(8-6-19)16(23)13-3-1-2-4-13/h9-10,12-13H,1-8,11H2. The Bertz CT molecular complexity index is 710. The molecule has 2 amide bonds. The minimum Gasteiger partial charge on any atom is -0.339 e. The van der Waals surface area contributed by atoms with E-state index < -0.39 is 0 Å². The maximum absolute atomic E-state index is 12.5. The van der Waals surface area contributed by atoms with Crippen LogP contribution in [0.15, 0.2) is 17.8 Å². The number of amides is 2. The van der Waals surface area contributed by atoms with E-state index in [1.807, 2.05) is 32.0 Å². The fourth-order valence-corrected chi connectivity index (χ4v) is 4.45. The lowest BCUT2D eigenvalue weighted by Crippen LogP contribution is -2.52. The number of piperazine rings is 1. The number of carbonyl (C=O) groups excluding carboxylic acids is 2. The highest BCUT2D eigenvalue weighted by Crippen LogP contribution is 2.27. The van der Waals surface area contributed by atoms with Crippen molar-refractivity contribution >= 4 is 28.1 Å². The molecule has 128 valence electrons. The van der Waals surface area contributed by atoms with Crippen molar-refractivity contribution < 1.29 is 9.59 Å². The van der Waals surface area contributed by atoms with Crippen molar-refractivity contribution in [2.75, 3.05) is 26.2 Å². The van der Waals surface area contributed by atoms with Gasteiger partial charge in [0.05, 0.1) is 12.1 Å². The first-order valence-corrected chi connectivity index (χ1v) is 9.56. The van der Waals surface area contributed by atoms with E-state index in [1.165, 1.54) is 12.8 Å². The molecule has 2 aromatic rings. The number of fused-ring (bicyclic) bond motifs is 1. The SMILES string of the molecule is O=C(Cc1cn2ccsc2n1)N1CCN(C(=O)C2CCCC2)CC1. The van der Waals surface area contributed by atoms with E-state index in [0.717, 1.165) is 23.5 Å². The van der Waals surface area contributed by atoms with Crippen molar-refractivity contribution in [2.45, 2.75) is 32.1 Å². The van der Waals surface area contributed by atoms with Crippen molar-refractivity contribution in [1.82, 2.24) is 19.2 Å². The molecule has 0 aromatic carbocycles. The second-order valence-corrected chi connectivity index (χ2v) is 7.56. The number of aromatic nitrogens is 2. The van der Waals surface area contributed by atoms with E-state index in [-0.39, 0.29) is 11.8 Å². The van der Waals surface area contributed by atoms with Crippen LogP contribution in [0.2, 0.25) is 0 Å². The van der Waals surface area contributed by atoms with Crippen LogP contribution in [0.5, 0.6) is 0 Å². The molecule has 0 spiro atoms. The maximum atomic E-state index is 12.5. The molecule has 2 aliphatic rings. The number of imidazole rings is 1. The average molecular weight is 346 g/mol. The van der Waals surface area contributed by atoms with Crippen LogP contribution in [-0.4, -0.2) is 57.2 Å². The van der Waals surface area contributed by atoms with Crippen molar-refractivity contribution in [2.24, 2.45) is 5.92 Å². The Kier molecular flexibility index (Phi) is 4.26. The summed E-state index contributed by atoms with van der Waals surface area (Å²) in [5.41, 5.74) is 0.816. The summed E-state index contributed by atoms with van der Waals surface area (Å²) in [7, 11) is 0. The number of thiazole rings is 1. The van der Waals surface area contributed by atoms with Gasteiger partial charge in [-0.15, -0.1) is 11.3 Å². The van der Waals surface area contributed by atoms with Crippen LogP contribution in [0.3, 0.4) is 0 Å². The van der Waals surface area contributed by atoms with Gasteiger partial charge in [0.2, 0.25) is 11.8 Å². The molecule has 2 fully saturated rings. The Balaban J connectivity index is 1.31. The molecule has 1 saturated heterocycles. The van der Waals surface area contributed by atoms with Gasteiger partial charge in [-0.1, -0.05) is 12.8 Å². The Morgan fingerprint density at radius 2 is 1.83 bits per heavy atom. The van der Waals surface area contributed by atoms with E-state index in [0.29, 0.717) is 38.5 Å². The number of nitrogens with zero attached hydrogens (tertiary/aromatic N) is 4. The molecule has 24 heavy (non-hydrogen) atoms. The fraction of sp³-hybridized carbons (Fsp3) is 0.588. The van der Waals surface area contributed by atoms with Crippen LogP contribution >= 0.6 is 11.3 Å². The molecule has 0 N–H and O–H groups in total. The van der Waals surface area contributed by atoms with Gasteiger partial charge >= 0.3 is 0 Å². The minimum atomic E-state index is 0.105. The molecule has 0 radical (unpaired) electrons. The van der Waals surface area contributed by atoms with Crippen LogP contribution in [0.1, 0.15) is 31.4 Å². The first-order valence-electron chi connectivity index (χ1n) is 8.68. The summed E-state index contributed by atoms with van der Waals surface area (Å²) in [6.45, 7) is 2.61. The monoisotopic (exact) mass is 346 g/mol. The van der Waals surface area contributed by atoms with Gasteiger partial charge in [0, 0.05) is 49.9 Å². The van der Waals surface area contributed by atoms with Gasteiger partial charge in [0.1, 0.15) is 0 Å². The lowest BCUT2D eigenvalue weighted by molar-refractivity contribution is -0.141. The largest absolute Gasteiger partial charge is 0.339 e. The third kappa shape index (κ3) is 3.05. The number of hydrogen-bond acceptors (Lipinski definition) is 4. The molecule has 3 heterocycles. The van der Waals surface area contributed by atoms with Crippen LogP contribution in [0.25, 0.3) is 4.96 Å². The number of rotatable bonds is 3. The van der Waals surface area contributed by atoms with Crippen LogP contribution in [0.4, 0.5) is 0 Å². The van der Waals surface area contributed by atoms with Gasteiger partial charge in [-0.05, 0) is 12.8 Å². The zero-order chi connectivity index (χ0) is 16.5. The molecule has 7 heteroatoms. The predicted octanol–water partition coefficient (Wildman–Crippen LogP) is 1.80. The van der Waals surface area contributed by atoms with Crippen LogP contribution in [0, 0.1) is 5.92 Å². The quantitative estimate of drug-likeness (QED) is 0.851. The van der Waals surface area contributed by atoms with E-state index in [1.54, 1.807) is 11.3 Å². The number of carbonyl (C=O) groups is 2. The van der Waals surface area contributed by atoms with Crippen molar-refractivity contribution in [3.8, 4) is 0 Å². The van der Waals surface area contributed by atoms with Gasteiger partial charge in [0.25, 0.3) is 0 Å². The molecule has 2 aromatic heterocycles. The fourth-order valence-electron chi connectivity index (χ4n) is 3.74. The Morgan fingerprint density at radius 3 is 2.54 bits per heavy atom. The Morgan fingerprint density at radius 1 is 1.12 bits per heavy atom. The second-order valence-electron chi connectivity index (χ2n) is 6.69.